The average Bonchev–Trinajstić information content (AvgIpc) is 2.76. The molecule has 2 aromatic carbocycles. The number of nitro benzene ring substituents is 1. The standard InChI is InChI=1S/C13H12NO5P.C9H15F2NO2/c1-20(17,18-12-5-3-2-4-6-12)19-13-9-7-11(8-10-13)14(15)16;1-6(12)8(13)14-7-2-4-9(10,11)5-3-7/h2-10H,1H3;6-7H,2-5,12H2,1H3/t;6-/m.0/s1. The molecule has 0 aromatic heterocycles. The SMILES string of the molecule is CP(=O)(Oc1ccccc1)Oc1ccc([N+](=O)[O-])cc1.C[C@H](N)C(=O)OC1CCC(F)(F)CC1. The van der Waals surface area contributed by atoms with Crippen molar-refractivity contribution in [3.63, 3.8) is 0 Å². The smallest absolute Gasteiger partial charge is 0.427 e. The van der Waals surface area contributed by atoms with E-state index in [1.54, 1.807) is 24.3 Å². The number of hydrogen-bond donors (Lipinski definition) is 1. The van der Waals surface area contributed by atoms with Crippen LogP contribution in [0, 0.1) is 10.1 Å². The number of rotatable bonds is 7. The van der Waals surface area contributed by atoms with E-state index in [0.29, 0.717) is 5.75 Å². The molecule has 1 aliphatic carbocycles. The average molecular weight is 500 g/mol. The minimum Gasteiger partial charge on any atom is -0.461 e. The second kappa shape index (κ2) is 11.9. The molecular weight excluding hydrogens is 473 g/mol. The molecule has 0 heterocycles. The summed E-state index contributed by atoms with van der Waals surface area (Å²) in [7, 11) is -3.35. The number of para-hydroxylation sites is 1. The van der Waals surface area contributed by atoms with Gasteiger partial charge < -0.3 is 19.5 Å². The quantitative estimate of drug-likeness (QED) is 0.234. The van der Waals surface area contributed by atoms with Gasteiger partial charge in [-0.05, 0) is 44.0 Å². The molecule has 0 bridgehead atoms. The van der Waals surface area contributed by atoms with Crippen molar-refractivity contribution in [3.05, 3.63) is 64.7 Å². The Labute approximate surface area is 195 Å². The van der Waals surface area contributed by atoms with Gasteiger partial charge in [0.1, 0.15) is 23.6 Å². The Bertz CT molecular complexity index is 994. The van der Waals surface area contributed by atoms with E-state index < -0.39 is 30.5 Å². The van der Waals surface area contributed by atoms with Crippen molar-refractivity contribution in [2.24, 2.45) is 5.73 Å². The zero-order valence-electron chi connectivity index (χ0n) is 18.8. The van der Waals surface area contributed by atoms with Crippen LogP contribution < -0.4 is 14.8 Å². The second-order valence-electron chi connectivity index (χ2n) is 7.80. The summed E-state index contributed by atoms with van der Waals surface area (Å²) in [6.07, 6.45) is -0.335. The number of non-ortho nitro benzene ring substituents is 1. The Morgan fingerprint density at radius 3 is 2.06 bits per heavy atom. The molecule has 1 unspecified atom stereocenters. The lowest BCUT2D eigenvalue weighted by Crippen LogP contribution is -2.35. The predicted octanol–water partition coefficient (Wildman–Crippen LogP) is 5.33. The first-order chi connectivity index (χ1) is 15.9. The molecule has 2 N–H and O–H groups in total. The molecule has 186 valence electrons. The fourth-order valence-electron chi connectivity index (χ4n) is 2.91. The summed E-state index contributed by atoms with van der Waals surface area (Å²) in [5.74, 6) is -2.42. The third-order valence-corrected chi connectivity index (χ3v) is 5.74. The summed E-state index contributed by atoms with van der Waals surface area (Å²) in [4.78, 5) is 21.0. The molecule has 1 fully saturated rings. The van der Waals surface area contributed by atoms with Crippen LogP contribution in [0.15, 0.2) is 54.6 Å². The molecule has 0 saturated heterocycles. The molecule has 12 heteroatoms. The summed E-state index contributed by atoms with van der Waals surface area (Å²) < 4.78 is 53.1. The highest BCUT2D eigenvalue weighted by molar-refractivity contribution is 7.53. The molecule has 1 aliphatic rings. The number of benzene rings is 2. The molecule has 34 heavy (non-hydrogen) atoms. The first-order valence-electron chi connectivity index (χ1n) is 10.5. The van der Waals surface area contributed by atoms with E-state index in [0.717, 1.165) is 0 Å². The van der Waals surface area contributed by atoms with Gasteiger partial charge in [-0.2, -0.15) is 0 Å². The maximum absolute atomic E-state index is 12.7. The van der Waals surface area contributed by atoms with Gasteiger partial charge in [0.25, 0.3) is 5.69 Å². The topological polar surface area (TPSA) is 131 Å². The summed E-state index contributed by atoms with van der Waals surface area (Å²) in [5, 5.41) is 10.5. The van der Waals surface area contributed by atoms with E-state index in [1.807, 2.05) is 6.07 Å². The molecular formula is C22H27F2N2O7P. The normalized spacial score (nSPS) is 17.8. The van der Waals surface area contributed by atoms with Crippen LogP contribution in [-0.2, 0) is 14.1 Å². The van der Waals surface area contributed by atoms with Gasteiger partial charge in [0, 0.05) is 25.0 Å². The molecule has 0 amide bonds. The molecule has 0 radical (unpaired) electrons. The van der Waals surface area contributed by atoms with Crippen LogP contribution in [0.5, 0.6) is 11.5 Å². The number of ether oxygens (including phenoxy) is 1. The van der Waals surface area contributed by atoms with E-state index in [-0.39, 0.29) is 43.2 Å². The number of carbonyl (C=O) groups excluding carboxylic acids is 1. The van der Waals surface area contributed by atoms with Crippen molar-refractivity contribution in [2.45, 2.75) is 50.7 Å². The van der Waals surface area contributed by atoms with Crippen LogP contribution in [0.4, 0.5) is 14.5 Å². The fraction of sp³-hybridized carbons (Fsp3) is 0.409. The van der Waals surface area contributed by atoms with Crippen LogP contribution >= 0.6 is 7.60 Å². The number of hydrogen-bond acceptors (Lipinski definition) is 8. The van der Waals surface area contributed by atoms with Crippen LogP contribution in [0.1, 0.15) is 32.6 Å². The zero-order chi connectivity index (χ0) is 25.4. The Balaban J connectivity index is 0.000000257. The Hall–Kier alpha value is -3.04. The van der Waals surface area contributed by atoms with E-state index >= 15 is 0 Å². The third-order valence-electron chi connectivity index (χ3n) is 4.65. The van der Waals surface area contributed by atoms with Gasteiger partial charge >= 0.3 is 13.6 Å². The summed E-state index contributed by atoms with van der Waals surface area (Å²) in [6.45, 7) is 2.85. The van der Waals surface area contributed by atoms with E-state index in [4.69, 9.17) is 19.5 Å². The van der Waals surface area contributed by atoms with Gasteiger partial charge in [0.05, 0.1) is 11.6 Å². The van der Waals surface area contributed by atoms with Crippen molar-refractivity contribution in [3.8, 4) is 11.5 Å². The Morgan fingerprint density at radius 1 is 1.09 bits per heavy atom. The van der Waals surface area contributed by atoms with Gasteiger partial charge in [-0.3, -0.25) is 14.9 Å². The van der Waals surface area contributed by atoms with E-state index in [1.165, 1.54) is 37.9 Å². The number of nitrogens with two attached hydrogens (primary N) is 1. The molecule has 0 aliphatic heterocycles. The van der Waals surface area contributed by atoms with Crippen molar-refractivity contribution in [1.82, 2.24) is 0 Å². The summed E-state index contributed by atoms with van der Waals surface area (Å²) in [6, 6.07) is 13.3. The Morgan fingerprint density at radius 2 is 1.59 bits per heavy atom. The Kier molecular flexibility index (Phi) is 9.52. The number of halogens is 2. The van der Waals surface area contributed by atoms with Crippen LogP contribution in [0.3, 0.4) is 0 Å². The van der Waals surface area contributed by atoms with Gasteiger partial charge in [0.2, 0.25) is 5.92 Å². The monoisotopic (exact) mass is 500 g/mol. The molecule has 9 nitrogen and oxygen atoms in total. The number of esters is 1. The first-order valence-corrected chi connectivity index (χ1v) is 12.5. The van der Waals surface area contributed by atoms with E-state index in [2.05, 4.69) is 0 Å². The molecule has 1 saturated carbocycles. The van der Waals surface area contributed by atoms with Gasteiger partial charge in [-0.15, -0.1) is 0 Å². The molecule has 0 spiro atoms. The minimum atomic E-state index is -3.35. The number of carbonyl (C=O) groups is 1. The van der Waals surface area contributed by atoms with Crippen LogP contribution in [-0.4, -0.2) is 35.6 Å². The minimum absolute atomic E-state index is 0.0627. The lowest BCUT2D eigenvalue weighted by atomic mass is 9.94. The van der Waals surface area contributed by atoms with Gasteiger partial charge in [0.15, 0.2) is 0 Å². The summed E-state index contributed by atoms with van der Waals surface area (Å²) in [5.41, 5.74) is 5.22. The van der Waals surface area contributed by atoms with Crippen LogP contribution in [0.25, 0.3) is 0 Å². The highest BCUT2D eigenvalue weighted by Gasteiger charge is 2.36. The predicted molar refractivity (Wildman–Crippen MR) is 121 cm³/mol. The fourth-order valence-corrected chi connectivity index (χ4v) is 3.96. The molecule has 3 rings (SSSR count). The van der Waals surface area contributed by atoms with E-state index in [9.17, 15) is 28.3 Å². The first kappa shape index (κ1) is 27.2. The van der Waals surface area contributed by atoms with Gasteiger partial charge in [-0.1, -0.05) is 18.2 Å². The largest absolute Gasteiger partial charge is 0.461 e. The second-order valence-corrected chi connectivity index (χ2v) is 9.71. The highest BCUT2D eigenvalue weighted by atomic mass is 31.2. The van der Waals surface area contributed by atoms with Crippen LogP contribution in [0.2, 0.25) is 0 Å². The van der Waals surface area contributed by atoms with Crippen molar-refractivity contribution in [2.75, 3.05) is 6.66 Å². The lowest BCUT2D eigenvalue weighted by Gasteiger charge is -2.28. The number of nitrogens with zero attached hydrogens (tertiary/aromatic N) is 1. The molecule has 2 aromatic rings. The zero-order valence-corrected chi connectivity index (χ0v) is 19.7. The number of nitro groups is 1. The maximum Gasteiger partial charge on any atom is 0.427 e. The van der Waals surface area contributed by atoms with Gasteiger partial charge in [-0.25, -0.2) is 13.3 Å². The van der Waals surface area contributed by atoms with Crippen molar-refractivity contribution < 1.29 is 36.8 Å². The highest BCUT2D eigenvalue weighted by Crippen LogP contribution is 2.44. The summed E-state index contributed by atoms with van der Waals surface area (Å²) >= 11 is 0. The van der Waals surface area contributed by atoms with Crippen molar-refractivity contribution >= 4 is 19.3 Å². The third kappa shape index (κ3) is 9.44. The number of alkyl halides is 2. The van der Waals surface area contributed by atoms with Crippen molar-refractivity contribution in [1.29, 1.82) is 0 Å². The lowest BCUT2D eigenvalue weighted by molar-refractivity contribution is -0.384. The molecule has 2 atom stereocenters. The maximum atomic E-state index is 12.7.